The second-order valence-electron chi connectivity index (χ2n) is 4.60. The maximum atomic E-state index is 11.6. The number of methoxy groups -OCH3 is 1. The molecule has 0 atom stereocenters. The van der Waals surface area contributed by atoms with Crippen LogP contribution in [-0.4, -0.2) is 44.0 Å². The molecule has 0 aliphatic rings. The number of hydrogen-bond donors (Lipinski definition) is 3. The van der Waals surface area contributed by atoms with Crippen molar-refractivity contribution in [1.29, 1.82) is 0 Å². The molecule has 0 radical (unpaired) electrons. The van der Waals surface area contributed by atoms with Crippen LogP contribution < -0.4 is 15.4 Å². The van der Waals surface area contributed by atoms with Crippen molar-refractivity contribution in [3.05, 3.63) is 24.3 Å². The van der Waals surface area contributed by atoms with Gasteiger partial charge in [-0.2, -0.15) is 0 Å². The van der Waals surface area contributed by atoms with Gasteiger partial charge in [0.05, 0.1) is 6.61 Å². The average molecular weight is 310 g/mol. The quantitative estimate of drug-likeness (QED) is 0.575. The first-order chi connectivity index (χ1) is 10.6. The molecule has 0 bridgehead atoms. The van der Waals surface area contributed by atoms with Crippen molar-refractivity contribution in [3.8, 4) is 5.75 Å². The van der Waals surface area contributed by atoms with E-state index in [1.807, 2.05) is 6.07 Å². The smallest absolute Gasteiger partial charge is 0.319 e. The molecular formula is C15H22N2O5. The molecular weight excluding hydrogens is 288 g/mol. The molecule has 0 unspecified atom stereocenters. The van der Waals surface area contributed by atoms with E-state index in [1.165, 1.54) is 0 Å². The topological polar surface area (TPSA) is 96.9 Å². The fourth-order valence-electron chi connectivity index (χ4n) is 1.67. The number of amides is 2. The SMILES string of the molecule is COCCCOc1cccc(NC(=O)NCCCC(=O)O)c1. The molecule has 0 aromatic heterocycles. The van der Waals surface area contributed by atoms with Crippen molar-refractivity contribution in [1.82, 2.24) is 5.32 Å². The molecule has 122 valence electrons. The summed E-state index contributed by atoms with van der Waals surface area (Å²) in [4.78, 5) is 22.0. The Morgan fingerprint density at radius 2 is 2.05 bits per heavy atom. The molecule has 7 heteroatoms. The first-order valence-corrected chi connectivity index (χ1v) is 7.10. The first kappa shape index (κ1) is 17.8. The fraction of sp³-hybridized carbons (Fsp3) is 0.467. The number of nitrogens with one attached hydrogen (secondary N) is 2. The van der Waals surface area contributed by atoms with Gasteiger partial charge in [-0.1, -0.05) is 6.07 Å². The third-order valence-corrected chi connectivity index (χ3v) is 2.71. The highest BCUT2D eigenvalue weighted by molar-refractivity contribution is 5.89. The maximum Gasteiger partial charge on any atom is 0.319 e. The van der Waals surface area contributed by atoms with Crippen LogP contribution in [0.25, 0.3) is 0 Å². The van der Waals surface area contributed by atoms with Crippen LogP contribution >= 0.6 is 0 Å². The van der Waals surface area contributed by atoms with E-state index in [-0.39, 0.29) is 12.5 Å². The van der Waals surface area contributed by atoms with Crippen LogP contribution in [-0.2, 0) is 9.53 Å². The van der Waals surface area contributed by atoms with Crippen molar-refractivity contribution in [2.24, 2.45) is 0 Å². The number of ether oxygens (including phenoxy) is 2. The summed E-state index contributed by atoms with van der Waals surface area (Å²) in [5, 5.41) is 13.8. The number of urea groups is 1. The lowest BCUT2D eigenvalue weighted by Crippen LogP contribution is -2.29. The van der Waals surface area contributed by atoms with Crippen LogP contribution in [0.3, 0.4) is 0 Å². The Morgan fingerprint density at radius 3 is 2.77 bits per heavy atom. The van der Waals surface area contributed by atoms with E-state index >= 15 is 0 Å². The number of carbonyl (C=O) groups is 2. The normalized spacial score (nSPS) is 10.0. The standard InChI is InChI=1S/C15H22N2O5/c1-21-9-4-10-22-13-6-2-5-12(11-13)17-15(20)16-8-3-7-14(18)19/h2,5-6,11H,3-4,7-10H2,1H3,(H,18,19)(H2,16,17,20). The summed E-state index contributed by atoms with van der Waals surface area (Å²) in [6, 6.07) is 6.69. The zero-order chi connectivity index (χ0) is 16.2. The number of benzene rings is 1. The average Bonchev–Trinajstić information content (AvgIpc) is 2.48. The molecule has 1 aromatic rings. The lowest BCUT2D eigenvalue weighted by molar-refractivity contribution is -0.137. The highest BCUT2D eigenvalue weighted by atomic mass is 16.5. The van der Waals surface area contributed by atoms with E-state index in [0.717, 1.165) is 6.42 Å². The zero-order valence-corrected chi connectivity index (χ0v) is 12.6. The monoisotopic (exact) mass is 310 g/mol. The number of anilines is 1. The Balaban J connectivity index is 2.32. The molecule has 7 nitrogen and oxygen atoms in total. The van der Waals surface area contributed by atoms with Gasteiger partial charge in [-0.15, -0.1) is 0 Å². The van der Waals surface area contributed by atoms with Gasteiger partial charge in [0.2, 0.25) is 0 Å². The lowest BCUT2D eigenvalue weighted by atomic mass is 10.3. The highest BCUT2D eigenvalue weighted by Crippen LogP contribution is 2.17. The lowest BCUT2D eigenvalue weighted by Gasteiger charge is -2.10. The Hall–Kier alpha value is -2.28. The third-order valence-electron chi connectivity index (χ3n) is 2.71. The van der Waals surface area contributed by atoms with Crippen molar-refractivity contribution in [3.63, 3.8) is 0 Å². The van der Waals surface area contributed by atoms with Crippen LogP contribution in [0.15, 0.2) is 24.3 Å². The predicted molar refractivity (Wildman–Crippen MR) is 82.3 cm³/mol. The summed E-state index contributed by atoms with van der Waals surface area (Å²) in [6.07, 6.45) is 1.22. The predicted octanol–water partition coefficient (Wildman–Crippen LogP) is 2.09. The van der Waals surface area contributed by atoms with Crippen molar-refractivity contribution in [2.45, 2.75) is 19.3 Å². The summed E-state index contributed by atoms with van der Waals surface area (Å²) in [7, 11) is 1.64. The second kappa shape index (κ2) is 10.4. The zero-order valence-electron chi connectivity index (χ0n) is 12.6. The summed E-state index contributed by atoms with van der Waals surface area (Å²) in [6.45, 7) is 1.49. The number of carbonyl (C=O) groups excluding carboxylic acids is 1. The minimum Gasteiger partial charge on any atom is -0.493 e. The molecule has 0 heterocycles. The van der Waals surface area contributed by atoms with E-state index in [0.29, 0.717) is 37.6 Å². The number of carboxylic acids is 1. The third kappa shape index (κ3) is 8.11. The van der Waals surface area contributed by atoms with Gasteiger partial charge in [0.25, 0.3) is 0 Å². The molecule has 0 saturated carbocycles. The molecule has 3 N–H and O–H groups in total. The summed E-state index contributed by atoms with van der Waals surface area (Å²) >= 11 is 0. The van der Waals surface area contributed by atoms with Crippen molar-refractivity contribution in [2.75, 3.05) is 32.2 Å². The fourth-order valence-corrected chi connectivity index (χ4v) is 1.67. The number of carboxylic acid groups (broad SMARTS) is 1. The van der Waals surface area contributed by atoms with Gasteiger partial charge >= 0.3 is 12.0 Å². The first-order valence-electron chi connectivity index (χ1n) is 7.10. The second-order valence-corrected chi connectivity index (χ2v) is 4.60. The summed E-state index contributed by atoms with van der Waals surface area (Å²) < 4.78 is 10.5. The van der Waals surface area contributed by atoms with Gasteiger partial charge in [0, 0.05) is 44.9 Å². The summed E-state index contributed by atoms with van der Waals surface area (Å²) in [5.41, 5.74) is 0.611. The molecule has 2 amide bonds. The largest absolute Gasteiger partial charge is 0.493 e. The molecule has 0 spiro atoms. The van der Waals surface area contributed by atoms with Crippen molar-refractivity contribution < 1.29 is 24.2 Å². The van der Waals surface area contributed by atoms with Crippen molar-refractivity contribution >= 4 is 17.7 Å². The minimum atomic E-state index is -0.875. The molecule has 22 heavy (non-hydrogen) atoms. The Labute approximate surface area is 129 Å². The van der Waals surface area contributed by atoms with Gasteiger partial charge in [-0.05, 0) is 18.6 Å². The molecule has 0 aliphatic heterocycles. The van der Waals surface area contributed by atoms with E-state index in [9.17, 15) is 9.59 Å². The molecule has 0 saturated heterocycles. The Kier molecular flexibility index (Phi) is 8.44. The highest BCUT2D eigenvalue weighted by Gasteiger charge is 2.03. The van der Waals surface area contributed by atoms with Crippen LogP contribution in [0.4, 0.5) is 10.5 Å². The molecule has 1 aromatic carbocycles. The Morgan fingerprint density at radius 1 is 1.23 bits per heavy atom. The van der Waals surface area contributed by atoms with Crippen LogP contribution in [0, 0.1) is 0 Å². The van der Waals surface area contributed by atoms with Crippen LogP contribution in [0.5, 0.6) is 5.75 Å². The van der Waals surface area contributed by atoms with E-state index in [4.69, 9.17) is 14.6 Å². The van der Waals surface area contributed by atoms with Gasteiger partial charge in [-0.25, -0.2) is 4.79 Å². The van der Waals surface area contributed by atoms with Gasteiger partial charge in [0.15, 0.2) is 0 Å². The van der Waals surface area contributed by atoms with Crippen LogP contribution in [0.1, 0.15) is 19.3 Å². The minimum absolute atomic E-state index is 0.0328. The number of rotatable bonds is 10. The van der Waals surface area contributed by atoms with Crippen LogP contribution in [0.2, 0.25) is 0 Å². The van der Waals surface area contributed by atoms with Gasteiger partial charge in [0.1, 0.15) is 5.75 Å². The molecule has 0 fully saturated rings. The van der Waals surface area contributed by atoms with E-state index < -0.39 is 5.97 Å². The molecule has 0 aliphatic carbocycles. The summed E-state index contributed by atoms with van der Waals surface area (Å²) in [5.74, 6) is -0.208. The number of aliphatic carboxylic acids is 1. The Bertz CT molecular complexity index is 479. The van der Waals surface area contributed by atoms with E-state index in [1.54, 1.807) is 25.3 Å². The van der Waals surface area contributed by atoms with E-state index in [2.05, 4.69) is 10.6 Å². The van der Waals surface area contributed by atoms with Gasteiger partial charge in [-0.3, -0.25) is 4.79 Å². The molecule has 1 rings (SSSR count). The van der Waals surface area contributed by atoms with Gasteiger partial charge < -0.3 is 25.2 Å². The number of hydrogen-bond acceptors (Lipinski definition) is 4. The maximum absolute atomic E-state index is 11.6.